The fraction of sp³-hybridized carbons (Fsp3) is 0.0256. The summed E-state index contributed by atoms with van der Waals surface area (Å²) in [5.41, 5.74) is 27.9. The monoisotopic (exact) mass is 1030 g/mol. The molecule has 4 aliphatic rings. The molecule has 2 unspecified atom stereocenters. The van der Waals surface area contributed by atoms with Crippen molar-refractivity contribution in [2.75, 3.05) is 4.90 Å². The van der Waals surface area contributed by atoms with Crippen molar-refractivity contribution in [3.8, 4) is 50.2 Å². The Morgan fingerprint density at radius 2 is 0.877 bits per heavy atom. The molecule has 0 fully saturated rings. The third-order valence-corrected chi connectivity index (χ3v) is 19.0. The SMILES string of the molecule is c1ccc2c(c1)-c1ccc(N(c3ccc(-c4cccc5c4oc4ccccc45)cc3)c3cccc4c3-c3ccccc3C43c4ccccc4-n4c5ccccc5c5cccc3c54)cc1C21c2ccccc2-c2c1ccc1ccccc21. The standard InChI is InChI=1S/C78H46N2O/c1-2-19-51-47(18-1)40-45-66-73(51)59-23-4-9-29-62(59)77(66)61-28-8-3-20-53(61)54-44-43-50(46-68(54)77)79(49-41-38-48(39-42-49)52-25-15-27-58-56-22-7-14-37-72(56)81-76(52)58)71-36-17-32-65-74(71)60-24-5-10-30-63(60)78(65)64-31-11-13-35-70(64)80-69-34-12-6-21-55(69)57-26-16-33-67(78)75(57)80/h1-46H. The molecule has 15 aromatic rings. The number of para-hydroxylation sites is 5. The van der Waals surface area contributed by atoms with Gasteiger partial charge in [0.15, 0.2) is 0 Å². The molecule has 0 saturated carbocycles. The molecule has 0 amide bonds. The van der Waals surface area contributed by atoms with Gasteiger partial charge < -0.3 is 13.9 Å². The van der Waals surface area contributed by atoms with Gasteiger partial charge in [-0.05, 0) is 137 Å². The lowest BCUT2D eigenvalue weighted by molar-refractivity contribution is 0.670. The number of nitrogens with zero attached hydrogens (tertiary/aromatic N) is 2. The van der Waals surface area contributed by atoms with E-state index in [2.05, 4.69) is 282 Å². The summed E-state index contributed by atoms with van der Waals surface area (Å²) >= 11 is 0. The van der Waals surface area contributed by atoms with Crippen molar-refractivity contribution < 1.29 is 4.42 Å². The van der Waals surface area contributed by atoms with Gasteiger partial charge in [0.2, 0.25) is 0 Å². The van der Waals surface area contributed by atoms with Gasteiger partial charge in [0.05, 0.1) is 33.2 Å². The van der Waals surface area contributed by atoms with Crippen LogP contribution in [0.25, 0.3) is 105 Å². The van der Waals surface area contributed by atoms with Crippen LogP contribution in [-0.4, -0.2) is 4.57 Å². The quantitative estimate of drug-likeness (QED) is 0.175. The molecule has 2 aromatic heterocycles. The molecule has 3 heteroatoms. The predicted octanol–water partition coefficient (Wildman–Crippen LogP) is 20.0. The summed E-state index contributed by atoms with van der Waals surface area (Å²) in [5, 5.41) is 7.33. The summed E-state index contributed by atoms with van der Waals surface area (Å²) in [5.74, 6) is 0. The second kappa shape index (κ2) is 15.6. The first-order chi connectivity index (χ1) is 40.2. The lowest BCUT2D eigenvalue weighted by atomic mass is 9.65. The van der Waals surface area contributed by atoms with Crippen LogP contribution < -0.4 is 4.90 Å². The number of aromatic nitrogens is 1. The first-order valence-corrected chi connectivity index (χ1v) is 28.2. The lowest BCUT2D eigenvalue weighted by Gasteiger charge is -2.39. The Labute approximate surface area is 467 Å². The summed E-state index contributed by atoms with van der Waals surface area (Å²) in [7, 11) is 0. The number of rotatable bonds is 4. The fourth-order valence-electron chi connectivity index (χ4n) is 16.0. The average molecular weight is 1030 g/mol. The third-order valence-electron chi connectivity index (χ3n) is 19.0. The van der Waals surface area contributed by atoms with E-state index in [1.54, 1.807) is 0 Å². The van der Waals surface area contributed by atoms with Crippen molar-refractivity contribution in [2.24, 2.45) is 0 Å². The highest BCUT2D eigenvalue weighted by Gasteiger charge is 2.54. The van der Waals surface area contributed by atoms with Crippen molar-refractivity contribution >= 4 is 71.6 Å². The number of hydrogen-bond donors (Lipinski definition) is 0. The van der Waals surface area contributed by atoms with Gasteiger partial charge in [-0.1, -0.05) is 231 Å². The van der Waals surface area contributed by atoms with Crippen LogP contribution in [0.4, 0.5) is 17.1 Å². The molecule has 1 aliphatic heterocycles. The first kappa shape index (κ1) is 43.5. The summed E-state index contributed by atoms with van der Waals surface area (Å²) in [6.07, 6.45) is 0. The van der Waals surface area contributed by atoms with Gasteiger partial charge in [0.1, 0.15) is 11.2 Å². The first-order valence-electron chi connectivity index (χ1n) is 28.2. The number of hydrogen-bond acceptors (Lipinski definition) is 2. The van der Waals surface area contributed by atoms with E-state index in [4.69, 9.17) is 4.42 Å². The number of anilines is 3. The van der Waals surface area contributed by atoms with Crippen LogP contribution in [0.2, 0.25) is 0 Å². The predicted molar refractivity (Wildman–Crippen MR) is 333 cm³/mol. The molecule has 374 valence electrons. The highest BCUT2D eigenvalue weighted by atomic mass is 16.3. The van der Waals surface area contributed by atoms with Gasteiger partial charge in [-0.3, -0.25) is 0 Å². The van der Waals surface area contributed by atoms with Crippen LogP contribution in [-0.2, 0) is 10.8 Å². The Morgan fingerprint density at radius 1 is 0.321 bits per heavy atom. The Hall–Kier alpha value is -10.5. The van der Waals surface area contributed by atoms with Crippen LogP contribution in [0.5, 0.6) is 0 Å². The summed E-state index contributed by atoms with van der Waals surface area (Å²) < 4.78 is 9.19. The lowest BCUT2D eigenvalue weighted by Crippen LogP contribution is -2.33. The van der Waals surface area contributed by atoms with Gasteiger partial charge in [-0.2, -0.15) is 0 Å². The van der Waals surface area contributed by atoms with Crippen LogP contribution in [0.1, 0.15) is 44.5 Å². The van der Waals surface area contributed by atoms with E-state index in [1.165, 1.54) is 116 Å². The molecular formula is C78H46N2O. The van der Waals surface area contributed by atoms with Crippen molar-refractivity contribution in [1.29, 1.82) is 0 Å². The zero-order valence-corrected chi connectivity index (χ0v) is 43.9. The molecular weight excluding hydrogens is 981 g/mol. The van der Waals surface area contributed by atoms with E-state index < -0.39 is 10.8 Å². The topological polar surface area (TPSA) is 21.3 Å². The number of fused-ring (bicyclic) bond motifs is 27. The minimum atomic E-state index is -0.618. The molecule has 3 nitrogen and oxygen atoms in total. The molecule has 0 bridgehead atoms. The van der Waals surface area contributed by atoms with Gasteiger partial charge in [-0.15, -0.1) is 0 Å². The second-order valence-corrected chi connectivity index (χ2v) is 22.5. The molecule has 0 N–H and O–H groups in total. The van der Waals surface area contributed by atoms with E-state index in [-0.39, 0.29) is 0 Å². The molecule has 3 aliphatic carbocycles. The highest BCUT2D eigenvalue weighted by molar-refractivity contribution is 6.14. The van der Waals surface area contributed by atoms with E-state index >= 15 is 0 Å². The van der Waals surface area contributed by atoms with Gasteiger partial charge in [0, 0.05) is 44.0 Å². The summed E-state index contributed by atoms with van der Waals surface area (Å²) in [6, 6.07) is 105. The van der Waals surface area contributed by atoms with Crippen molar-refractivity contribution in [2.45, 2.75) is 10.8 Å². The van der Waals surface area contributed by atoms with Gasteiger partial charge in [-0.25, -0.2) is 0 Å². The highest BCUT2D eigenvalue weighted by Crippen LogP contribution is 2.66. The van der Waals surface area contributed by atoms with Crippen molar-refractivity contribution in [1.82, 2.24) is 4.57 Å². The zero-order valence-electron chi connectivity index (χ0n) is 43.9. The minimum Gasteiger partial charge on any atom is -0.455 e. The molecule has 2 spiro atoms. The van der Waals surface area contributed by atoms with E-state index in [9.17, 15) is 0 Å². The summed E-state index contributed by atoms with van der Waals surface area (Å²) in [6.45, 7) is 0. The number of benzene rings is 13. The third kappa shape index (κ3) is 5.30. The fourth-order valence-corrected chi connectivity index (χ4v) is 16.0. The van der Waals surface area contributed by atoms with Crippen molar-refractivity contribution in [3.05, 3.63) is 324 Å². The maximum absolute atomic E-state index is 6.65. The molecule has 19 rings (SSSR count). The maximum Gasteiger partial charge on any atom is 0.143 e. The maximum atomic E-state index is 6.65. The van der Waals surface area contributed by atoms with Crippen LogP contribution in [0, 0.1) is 0 Å². The molecule has 81 heavy (non-hydrogen) atoms. The number of furan rings is 1. The Kier molecular flexibility index (Phi) is 8.39. The largest absolute Gasteiger partial charge is 0.455 e. The Bertz CT molecular complexity index is 5270. The van der Waals surface area contributed by atoms with Crippen LogP contribution in [0.3, 0.4) is 0 Å². The van der Waals surface area contributed by atoms with E-state index in [0.29, 0.717) is 0 Å². The Balaban J connectivity index is 0.895. The van der Waals surface area contributed by atoms with Crippen LogP contribution >= 0.6 is 0 Å². The van der Waals surface area contributed by atoms with Crippen LogP contribution in [0.15, 0.2) is 283 Å². The van der Waals surface area contributed by atoms with E-state index in [1.807, 2.05) is 6.07 Å². The molecule has 13 aromatic carbocycles. The van der Waals surface area contributed by atoms with Gasteiger partial charge in [0.25, 0.3) is 0 Å². The zero-order chi connectivity index (χ0) is 52.7. The van der Waals surface area contributed by atoms with Gasteiger partial charge >= 0.3 is 0 Å². The minimum absolute atomic E-state index is 0.559. The molecule has 3 heterocycles. The molecule has 2 atom stereocenters. The van der Waals surface area contributed by atoms with E-state index in [0.717, 1.165) is 50.1 Å². The smallest absolute Gasteiger partial charge is 0.143 e. The molecule has 0 radical (unpaired) electrons. The second-order valence-electron chi connectivity index (χ2n) is 22.5. The van der Waals surface area contributed by atoms with Crippen molar-refractivity contribution in [3.63, 3.8) is 0 Å². The molecule has 0 saturated heterocycles. The Morgan fingerprint density at radius 3 is 1.72 bits per heavy atom. The average Bonchev–Trinajstić information content (AvgIpc) is 4.24. The normalized spacial score (nSPS) is 16.5. The summed E-state index contributed by atoms with van der Waals surface area (Å²) in [4.78, 5) is 2.56.